The van der Waals surface area contributed by atoms with Gasteiger partial charge < -0.3 is 9.84 Å². The van der Waals surface area contributed by atoms with Crippen LogP contribution >= 0.6 is 0 Å². The SMILES string of the molecule is COc1nc(CC(=O)O)ccc1F. The molecule has 4 nitrogen and oxygen atoms in total. The molecule has 0 aliphatic rings. The highest BCUT2D eigenvalue weighted by atomic mass is 19.1. The topological polar surface area (TPSA) is 59.4 Å². The largest absolute Gasteiger partial charge is 0.481 e. The lowest BCUT2D eigenvalue weighted by Gasteiger charge is -2.01. The Kier molecular flexibility index (Phi) is 2.79. The van der Waals surface area contributed by atoms with E-state index in [0.29, 0.717) is 0 Å². The first-order valence-electron chi connectivity index (χ1n) is 3.54. The molecule has 0 radical (unpaired) electrons. The van der Waals surface area contributed by atoms with Gasteiger partial charge >= 0.3 is 5.97 Å². The fraction of sp³-hybridized carbons (Fsp3) is 0.250. The van der Waals surface area contributed by atoms with Crippen LogP contribution in [0, 0.1) is 5.82 Å². The Bertz CT molecular complexity index is 327. The monoisotopic (exact) mass is 185 g/mol. The summed E-state index contributed by atoms with van der Waals surface area (Å²) in [4.78, 5) is 13.9. The fourth-order valence-corrected chi connectivity index (χ4v) is 0.858. The van der Waals surface area contributed by atoms with E-state index in [9.17, 15) is 9.18 Å². The Labute approximate surface area is 74.0 Å². The van der Waals surface area contributed by atoms with Crippen LogP contribution in [0.2, 0.25) is 0 Å². The molecule has 0 aliphatic carbocycles. The van der Waals surface area contributed by atoms with Crippen LogP contribution in [0.1, 0.15) is 5.69 Å². The molecule has 1 heterocycles. The van der Waals surface area contributed by atoms with Crippen molar-refractivity contribution in [1.82, 2.24) is 4.98 Å². The first-order valence-corrected chi connectivity index (χ1v) is 3.54. The zero-order valence-electron chi connectivity index (χ0n) is 6.95. The smallest absolute Gasteiger partial charge is 0.309 e. The lowest BCUT2D eigenvalue weighted by Crippen LogP contribution is -2.04. The molecule has 0 aliphatic heterocycles. The second kappa shape index (κ2) is 3.84. The van der Waals surface area contributed by atoms with Crippen LogP contribution in [-0.4, -0.2) is 23.2 Å². The van der Waals surface area contributed by atoms with Crippen LogP contribution in [0.3, 0.4) is 0 Å². The van der Waals surface area contributed by atoms with Gasteiger partial charge in [-0.3, -0.25) is 4.79 Å². The van der Waals surface area contributed by atoms with E-state index < -0.39 is 11.8 Å². The molecule has 1 N–H and O–H groups in total. The van der Waals surface area contributed by atoms with Gasteiger partial charge in [-0.2, -0.15) is 0 Å². The molecule has 0 bridgehead atoms. The van der Waals surface area contributed by atoms with E-state index in [1.807, 2.05) is 0 Å². The molecule has 1 aromatic rings. The second-order valence-corrected chi connectivity index (χ2v) is 2.36. The first kappa shape index (κ1) is 9.44. The summed E-state index contributed by atoms with van der Waals surface area (Å²) in [6.07, 6.45) is -0.239. The maximum absolute atomic E-state index is 12.8. The van der Waals surface area contributed by atoms with Crippen molar-refractivity contribution < 1.29 is 19.0 Å². The van der Waals surface area contributed by atoms with Crippen LogP contribution < -0.4 is 4.74 Å². The molecule has 0 spiro atoms. The normalized spacial score (nSPS) is 9.69. The third kappa shape index (κ3) is 2.40. The van der Waals surface area contributed by atoms with Crippen LogP contribution in [-0.2, 0) is 11.2 Å². The number of halogens is 1. The molecule has 0 aromatic carbocycles. The van der Waals surface area contributed by atoms with E-state index in [1.165, 1.54) is 13.2 Å². The number of aliphatic carboxylic acids is 1. The van der Waals surface area contributed by atoms with Crippen LogP contribution in [0.15, 0.2) is 12.1 Å². The lowest BCUT2D eigenvalue weighted by atomic mass is 10.3. The molecular formula is C8H8FNO3. The van der Waals surface area contributed by atoms with Crippen molar-refractivity contribution in [3.05, 3.63) is 23.6 Å². The highest BCUT2D eigenvalue weighted by Crippen LogP contribution is 2.13. The molecule has 5 heteroatoms. The number of pyridine rings is 1. The summed E-state index contributed by atoms with van der Waals surface area (Å²) in [5, 5.41) is 8.43. The zero-order valence-corrected chi connectivity index (χ0v) is 6.95. The predicted molar refractivity (Wildman–Crippen MR) is 42.1 cm³/mol. The minimum absolute atomic E-state index is 0.182. The summed E-state index contributed by atoms with van der Waals surface area (Å²) < 4.78 is 17.4. The Morgan fingerprint density at radius 3 is 2.92 bits per heavy atom. The molecule has 13 heavy (non-hydrogen) atoms. The van der Waals surface area contributed by atoms with Gasteiger partial charge in [0.05, 0.1) is 19.2 Å². The Morgan fingerprint density at radius 1 is 1.69 bits per heavy atom. The van der Waals surface area contributed by atoms with Gasteiger partial charge in [0.2, 0.25) is 5.88 Å². The number of carbonyl (C=O) groups is 1. The van der Waals surface area contributed by atoms with E-state index >= 15 is 0 Å². The molecule has 1 rings (SSSR count). The molecule has 70 valence electrons. The quantitative estimate of drug-likeness (QED) is 0.758. The highest BCUT2D eigenvalue weighted by Gasteiger charge is 2.07. The van der Waals surface area contributed by atoms with Crippen molar-refractivity contribution in [2.75, 3.05) is 7.11 Å². The summed E-state index contributed by atoms with van der Waals surface area (Å²) in [7, 11) is 1.27. The number of nitrogens with zero attached hydrogens (tertiary/aromatic N) is 1. The Morgan fingerprint density at radius 2 is 2.38 bits per heavy atom. The summed E-state index contributed by atoms with van der Waals surface area (Å²) in [6, 6.07) is 2.44. The number of hydrogen-bond donors (Lipinski definition) is 1. The minimum Gasteiger partial charge on any atom is -0.481 e. The van der Waals surface area contributed by atoms with Gasteiger partial charge in [-0.25, -0.2) is 9.37 Å². The van der Waals surface area contributed by atoms with Crippen molar-refractivity contribution in [3.8, 4) is 5.88 Å². The molecular weight excluding hydrogens is 177 g/mol. The summed E-state index contributed by atoms with van der Waals surface area (Å²) in [5.41, 5.74) is 0.269. The predicted octanol–water partition coefficient (Wildman–Crippen LogP) is 0.856. The number of hydrogen-bond acceptors (Lipinski definition) is 3. The van der Waals surface area contributed by atoms with Gasteiger partial charge in [-0.15, -0.1) is 0 Å². The number of carboxylic acid groups (broad SMARTS) is 1. The third-order valence-electron chi connectivity index (χ3n) is 1.40. The molecule has 0 amide bonds. The standard InChI is InChI=1S/C8H8FNO3/c1-13-8-6(9)3-2-5(10-8)4-7(11)12/h2-3H,4H2,1H3,(H,11,12). The average Bonchev–Trinajstić information content (AvgIpc) is 2.07. The van der Waals surface area contributed by atoms with Gasteiger partial charge in [-0.05, 0) is 12.1 Å². The number of rotatable bonds is 3. The molecule has 0 unspecified atom stereocenters. The van der Waals surface area contributed by atoms with Gasteiger partial charge in [0, 0.05) is 0 Å². The summed E-state index contributed by atoms with van der Waals surface area (Å²) in [6.45, 7) is 0. The summed E-state index contributed by atoms with van der Waals surface area (Å²) in [5.74, 6) is -1.79. The van der Waals surface area contributed by atoms with Crippen LogP contribution in [0.4, 0.5) is 4.39 Å². The van der Waals surface area contributed by atoms with E-state index in [1.54, 1.807) is 0 Å². The second-order valence-electron chi connectivity index (χ2n) is 2.36. The zero-order chi connectivity index (χ0) is 9.84. The van der Waals surface area contributed by atoms with Crippen molar-refractivity contribution in [2.45, 2.75) is 6.42 Å². The van der Waals surface area contributed by atoms with Crippen molar-refractivity contribution >= 4 is 5.97 Å². The van der Waals surface area contributed by atoms with E-state index in [2.05, 4.69) is 9.72 Å². The van der Waals surface area contributed by atoms with Crippen molar-refractivity contribution in [3.63, 3.8) is 0 Å². The van der Waals surface area contributed by atoms with E-state index in [-0.39, 0.29) is 18.0 Å². The van der Waals surface area contributed by atoms with Crippen LogP contribution in [0.5, 0.6) is 5.88 Å². The maximum Gasteiger partial charge on any atom is 0.309 e. The lowest BCUT2D eigenvalue weighted by molar-refractivity contribution is -0.136. The summed E-state index contributed by atoms with van der Waals surface area (Å²) >= 11 is 0. The molecule has 1 aromatic heterocycles. The number of methoxy groups -OCH3 is 1. The minimum atomic E-state index is -1.01. The number of aromatic nitrogens is 1. The van der Waals surface area contributed by atoms with Crippen LogP contribution in [0.25, 0.3) is 0 Å². The molecule has 0 saturated heterocycles. The average molecular weight is 185 g/mol. The Hall–Kier alpha value is -1.65. The fourth-order valence-electron chi connectivity index (χ4n) is 0.858. The molecule has 0 atom stereocenters. The maximum atomic E-state index is 12.8. The van der Waals surface area contributed by atoms with Gasteiger partial charge in [0.1, 0.15) is 0 Å². The third-order valence-corrected chi connectivity index (χ3v) is 1.40. The highest BCUT2D eigenvalue weighted by molar-refractivity contribution is 5.69. The van der Waals surface area contributed by atoms with E-state index in [0.717, 1.165) is 6.07 Å². The van der Waals surface area contributed by atoms with Gasteiger partial charge in [0.15, 0.2) is 5.82 Å². The van der Waals surface area contributed by atoms with E-state index in [4.69, 9.17) is 5.11 Å². The van der Waals surface area contributed by atoms with Crippen molar-refractivity contribution in [1.29, 1.82) is 0 Å². The Balaban J connectivity index is 2.92. The molecule has 0 saturated carbocycles. The number of carboxylic acids is 1. The van der Waals surface area contributed by atoms with Gasteiger partial charge in [-0.1, -0.05) is 0 Å². The number of ether oxygens (including phenoxy) is 1. The van der Waals surface area contributed by atoms with Gasteiger partial charge in [0.25, 0.3) is 0 Å². The molecule has 0 fully saturated rings. The van der Waals surface area contributed by atoms with Crippen molar-refractivity contribution in [2.24, 2.45) is 0 Å². The first-order chi connectivity index (χ1) is 6.13.